The molecule has 13 heavy (non-hydrogen) atoms. The van der Waals surface area contributed by atoms with Gasteiger partial charge in [0, 0.05) is 5.16 Å². The van der Waals surface area contributed by atoms with Gasteiger partial charge >= 0.3 is 0 Å². The van der Waals surface area contributed by atoms with Gasteiger partial charge in [-0.2, -0.15) is 0 Å². The van der Waals surface area contributed by atoms with E-state index in [2.05, 4.69) is 25.1 Å². The van der Waals surface area contributed by atoms with Crippen LogP contribution in [-0.2, 0) is 11.0 Å². The molecule has 1 aromatic rings. The number of aryl methyl sites for hydroxylation is 1. The summed E-state index contributed by atoms with van der Waals surface area (Å²) >= 11 is 0. The normalized spacial score (nSPS) is 11.9. The van der Waals surface area contributed by atoms with Crippen LogP contribution in [0.3, 0.4) is 0 Å². The Kier molecular flexibility index (Phi) is 3.22. The van der Waals surface area contributed by atoms with Gasteiger partial charge in [-0.25, -0.2) is 0 Å². The standard InChI is InChI=1S/C11H15OP/c1-9-5-4-6-10(7-9)8-11(2,3)13-12/h4-7H,8H2,1-3H3. The van der Waals surface area contributed by atoms with Crippen molar-refractivity contribution >= 4 is 8.46 Å². The first-order chi connectivity index (χ1) is 6.03. The Morgan fingerprint density at radius 3 is 2.62 bits per heavy atom. The minimum Gasteiger partial charge on any atom is -0.274 e. The molecule has 1 aromatic carbocycles. The predicted molar refractivity (Wildman–Crippen MR) is 56.6 cm³/mol. The molecule has 0 amide bonds. The second-order valence-corrected chi connectivity index (χ2v) is 5.46. The van der Waals surface area contributed by atoms with Crippen molar-refractivity contribution < 1.29 is 4.57 Å². The third-order valence-electron chi connectivity index (χ3n) is 1.97. The average Bonchev–Trinajstić information content (AvgIpc) is 2.03. The summed E-state index contributed by atoms with van der Waals surface area (Å²) in [7, 11) is 0.217. The third kappa shape index (κ3) is 3.28. The molecule has 0 aromatic heterocycles. The van der Waals surface area contributed by atoms with Crippen molar-refractivity contribution in [1.82, 2.24) is 0 Å². The van der Waals surface area contributed by atoms with Crippen LogP contribution in [0, 0.1) is 6.92 Å². The summed E-state index contributed by atoms with van der Waals surface area (Å²) in [6.07, 6.45) is 0.861. The first kappa shape index (κ1) is 10.4. The quantitative estimate of drug-likeness (QED) is 0.672. The van der Waals surface area contributed by atoms with Gasteiger partial charge in [0.2, 0.25) is 0 Å². The van der Waals surface area contributed by atoms with Crippen LogP contribution >= 0.6 is 8.46 Å². The zero-order chi connectivity index (χ0) is 9.90. The molecular weight excluding hydrogens is 179 g/mol. The minimum atomic E-state index is -0.145. The Morgan fingerprint density at radius 1 is 1.38 bits per heavy atom. The molecule has 2 heteroatoms. The van der Waals surface area contributed by atoms with E-state index < -0.39 is 0 Å². The van der Waals surface area contributed by atoms with Gasteiger partial charge < -0.3 is 0 Å². The van der Waals surface area contributed by atoms with Crippen molar-refractivity contribution in [3.63, 3.8) is 0 Å². The Morgan fingerprint density at radius 2 is 2.08 bits per heavy atom. The van der Waals surface area contributed by atoms with Crippen molar-refractivity contribution in [2.45, 2.75) is 32.3 Å². The highest BCUT2D eigenvalue weighted by Crippen LogP contribution is 2.26. The van der Waals surface area contributed by atoms with Crippen LogP contribution in [0.2, 0.25) is 0 Å². The van der Waals surface area contributed by atoms with Gasteiger partial charge in [-0.1, -0.05) is 29.8 Å². The zero-order valence-electron chi connectivity index (χ0n) is 8.37. The van der Waals surface area contributed by atoms with Crippen molar-refractivity contribution in [1.29, 1.82) is 0 Å². The SMILES string of the molecule is Cc1cccc(CC(C)(C)P=O)c1. The molecule has 1 rings (SSSR count). The molecule has 0 heterocycles. The number of benzene rings is 1. The van der Waals surface area contributed by atoms with Crippen molar-refractivity contribution in [3.8, 4) is 0 Å². The summed E-state index contributed by atoms with van der Waals surface area (Å²) in [6.45, 7) is 6.08. The molecule has 70 valence electrons. The zero-order valence-corrected chi connectivity index (χ0v) is 9.27. The predicted octanol–water partition coefficient (Wildman–Crippen LogP) is 3.61. The fraction of sp³-hybridized carbons (Fsp3) is 0.455. The molecule has 0 fully saturated rings. The van der Waals surface area contributed by atoms with Gasteiger partial charge in [0.25, 0.3) is 0 Å². The highest BCUT2D eigenvalue weighted by molar-refractivity contribution is 7.25. The van der Waals surface area contributed by atoms with Gasteiger partial charge in [0.05, 0.1) is 0 Å². The van der Waals surface area contributed by atoms with E-state index >= 15 is 0 Å². The fourth-order valence-corrected chi connectivity index (χ4v) is 1.60. The lowest BCUT2D eigenvalue weighted by molar-refractivity contribution is 0.568. The molecule has 0 bridgehead atoms. The van der Waals surface area contributed by atoms with Crippen LogP contribution in [0.15, 0.2) is 24.3 Å². The largest absolute Gasteiger partial charge is 0.274 e. The average molecular weight is 194 g/mol. The fourth-order valence-electron chi connectivity index (χ4n) is 1.35. The van der Waals surface area contributed by atoms with Crippen molar-refractivity contribution in [3.05, 3.63) is 35.4 Å². The van der Waals surface area contributed by atoms with Crippen LogP contribution in [0.25, 0.3) is 0 Å². The van der Waals surface area contributed by atoms with Gasteiger partial charge in [-0.15, -0.1) is 0 Å². The van der Waals surface area contributed by atoms with Gasteiger partial charge in [-0.05, 0) is 32.8 Å². The smallest absolute Gasteiger partial charge is 0.161 e. The van der Waals surface area contributed by atoms with E-state index in [9.17, 15) is 4.57 Å². The minimum absolute atomic E-state index is 0.145. The summed E-state index contributed by atoms with van der Waals surface area (Å²) in [5.41, 5.74) is 2.52. The highest BCUT2D eigenvalue weighted by Gasteiger charge is 2.18. The van der Waals surface area contributed by atoms with Crippen LogP contribution < -0.4 is 0 Å². The number of rotatable bonds is 3. The maximum Gasteiger partial charge on any atom is 0.161 e. The summed E-state index contributed by atoms with van der Waals surface area (Å²) in [4.78, 5) is 0. The topological polar surface area (TPSA) is 17.1 Å². The van der Waals surface area contributed by atoms with Crippen molar-refractivity contribution in [2.24, 2.45) is 0 Å². The van der Waals surface area contributed by atoms with Gasteiger partial charge in [0.1, 0.15) is 0 Å². The molecule has 0 saturated heterocycles. The maximum absolute atomic E-state index is 10.8. The summed E-state index contributed by atoms with van der Waals surface area (Å²) < 4.78 is 10.8. The van der Waals surface area contributed by atoms with E-state index in [0.717, 1.165) is 6.42 Å². The van der Waals surface area contributed by atoms with Gasteiger partial charge in [0.15, 0.2) is 8.46 Å². The van der Waals surface area contributed by atoms with E-state index in [1.54, 1.807) is 0 Å². The van der Waals surface area contributed by atoms with Crippen LogP contribution in [0.5, 0.6) is 0 Å². The second-order valence-electron chi connectivity index (χ2n) is 4.07. The van der Waals surface area contributed by atoms with Crippen LogP contribution in [0.1, 0.15) is 25.0 Å². The summed E-state index contributed by atoms with van der Waals surface area (Å²) in [6, 6.07) is 8.35. The first-order valence-electron chi connectivity index (χ1n) is 4.43. The maximum atomic E-state index is 10.8. The van der Waals surface area contributed by atoms with E-state index in [-0.39, 0.29) is 13.6 Å². The third-order valence-corrected chi connectivity index (χ3v) is 2.62. The number of hydrogen-bond acceptors (Lipinski definition) is 1. The van der Waals surface area contributed by atoms with Crippen LogP contribution in [0.4, 0.5) is 0 Å². The van der Waals surface area contributed by atoms with E-state index in [1.165, 1.54) is 11.1 Å². The van der Waals surface area contributed by atoms with E-state index in [4.69, 9.17) is 0 Å². The lowest BCUT2D eigenvalue weighted by atomic mass is 10.0. The molecule has 0 aliphatic heterocycles. The van der Waals surface area contributed by atoms with Crippen LogP contribution in [-0.4, -0.2) is 5.16 Å². The molecule has 0 unspecified atom stereocenters. The Bertz CT molecular complexity index is 305. The summed E-state index contributed by atoms with van der Waals surface area (Å²) in [5, 5.41) is -0.145. The monoisotopic (exact) mass is 194 g/mol. The second kappa shape index (κ2) is 4.02. The molecule has 0 N–H and O–H groups in total. The molecule has 0 saturated carbocycles. The molecule has 0 spiro atoms. The molecule has 0 aliphatic rings. The Hall–Kier alpha value is -0.680. The lowest BCUT2D eigenvalue weighted by Crippen LogP contribution is -2.14. The van der Waals surface area contributed by atoms with E-state index in [0.29, 0.717) is 0 Å². The summed E-state index contributed by atoms with van der Waals surface area (Å²) in [5.74, 6) is 0. The van der Waals surface area contributed by atoms with Crippen molar-refractivity contribution in [2.75, 3.05) is 0 Å². The molecular formula is C11H15OP. The molecule has 0 radical (unpaired) electrons. The Labute approximate surface area is 81.4 Å². The highest BCUT2D eigenvalue weighted by atomic mass is 31.1. The molecule has 1 nitrogen and oxygen atoms in total. The van der Waals surface area contributed by atoms with E-state index in [1.807, 2.05) is 19.9 Å². The molecule has 0 atom stereocenters. The molecule has 0 aliphatic carbocycles. The Balaban J connectivity index is 2.80. The number of hydrogen-bond donors (Lipinski definition) is 0. The lowest BCUT2D eigenvalue weighted by Gasteiger charge is -2.15. The van der Waals surface area contributed by atoms with Gasteiger partial charge in [-0.3, -0.25) is 4.57 Å². The first-order valence-corrected chi connectivity index (χ1v) is 5.25.